The summed E-state index contributed by atoms with van der Waals surface area (Å²) in [6.07, 6.45) is 0. The molecule has 0 saturated carbocycles. The number of hydrogen-bond acceptors (Lipinski definition) is 2. The molecule has 2 amide bonds. The Morgan fingerprint density at radius 2 is 1.64 bits per heavy atom. The summed E-state index contributed by atoms with van der Waals surface area (Å²) >= 11 is 0. The molecule has 1 aromatic rings. The SMILES string of the molecule is Cc1ccc(F)c2c1=NC(=O)C(=O)N=2. The van der Waals surface area contributed by atoms with Crippen LogP contribution >= 0.6 is 0 Å². The molecule has 1 heterocycles. The molecule has 70 valence electrons. The van der Waals surface area contributed by atoms with Crippen molar-refractivity contribution >= 4 is 11.8 Å². The van der Waals surface area contributed by atoms with Crippen molar-refractivity contribution in [1.29, 1.82) is 0 Å². The van der Waals surface area contributed by atoms with Crippen LogP contribution in [-0.4, -0.2) is 11.8 Å². The summed E-state index contributed by atoms with van der Waals surface area (Å²) in [5.74, 6) is -2.62. The molecule has 0 bridgehead atoms. The third-order valence-corrected chi connectivity index (χ3v) is 1.91. The number of nitrogens with zero attached hydrogens (tertiary/aromatic N) is 2. The molecule has 0 saturated heterocycles. The Bertz CT molecular complexity index is 512. The third kappa shape index (κ3) is 1.14. The van der Waals surface area contributed by atoms with Crippen LogP contribution in [0.25, 0.3) is 0 Å². The molecule has 14 heavy (non-hydrogen) atoms. The van der Waals surface area contributed by atoms with Gasteiger partial charge in [0.05, 0.1) is 5.36 Å². The monoisotopic (exact) mass is 192 g/mol. The first-order valence-corrected chi connectivity index (χ1v) is 3.90. The molecule has 0 aliphatic carbocycles. The number of halogens is 1. The molecule has 1 aliphatic heterocycles. The second-order valence-electron chi connectivity index (χ2n) is 2.90. The zero-order valence-corrected chi connectivity index (χ0v) is 7.24. The molecule has 0 N–H and O–H groups in total. The molecular formula is C9H5FN2O2. The van der Waals surface area contributed by atoms with E-state index in [2.05, 4.69) is 9.98 Å². The minimum Gasteiger partial charge on any atom is -0.261 e. The highest BCUT2D eigenvalue weighted by Gasteiger charge is 2.17. The van der Waals surface area contributed by atoms with Crippen LogP contribution in [0.1, 0.15) is 5.56 Å². The van der Waals surface area contributed by atoms with Gasteiger partial charge in [0.1, 0.15) is 5.36 Å². The van der Waals surface area contributed by atoms with E-state index in [1.807, 2.05) is 0 Å². The molecule has 2 rings (SSSR count). The van der Waals surface area contributed by atoms with Gasteiger partial charge in [-0.2, -0.15) is 4.99 Å². The maximum absolute atomic E-state index is 13.1. The number of aryl methyl sites for hydroxylation is 1. The first-order valence-electron chi connectivity index (χ1n) is 3.90. The Labute approximate surface area is 77.8 Å². The van der Waals surface area contributed by atoms with Gasteiger partial charge < -0.3 is 0 Å². The molecule has 0 fully saturated rings. The van der Waals surface area contributed by atoms with Crippen molar-refractivity contribution in [2.24, 2.45) is 9.98 Å². The Kier molecular flexibility index (Phi) is 1.73. The fraction of sp³-hybridized carbons (Fsp3) is 0.111. The lowest BCUT2D eigenvalue weighted by molar-refractivity contribution is -0.135. The smallest absolute Gasteiger partial charge is 0.261 e. The zero-order valence-electron chi connectivity index (χ0n) is 7.24. The van der Waals surface area contributed by atoms with E-state index in [4.69, 9.17) is 0 Å². The molecule has 1 aliphatic rings. The number of amides is 2. The van der Waals surface area contributed by atoms with Crippen molar-refractivity contribution in [1.82, 2.24) is 0 Å². The van der Waals surface area contributed by atoms with Crippen molar-refractivity contribution in [3.8, 4) is 0 Å². The van der Waals surface area contributed by atoms with Gasteiger partial charge in [-0.15, -0.1) is 0 Å². The lowest BCUT2D eigenvalue weighted by Gasteiger charge is -2.00. The molecule has 0 unspecified atom stereocenters. The summed E-state index contributed by atoms with van der Waals surface area (Å²) in [5.41, 5.74) is 0.617. The van der Waals surface area contributed by atoms with Gasteiger partial charge >= 0.3 is 11.8 Å². The van der Waals surface area contributed by atoms with E-state index < -0.39 is 17.6 Å². The summed E-state index contributed by atoms with van der Waals surface area (Å²) in [6.45, 7) is 1.67. The number of carbonyl (C=O) groups excluding carboxylic acids is 2. The van der Waals surface area contributed by atoms with Crippen LogP contribution in [0, 0.1) is 12.7 Å². The van der Waals surface area contributed by atoms with Crippen LogP contribution in [0.4, 0.5) is 4.39 Å². The number of hydrogen-bond donors (Lipinski definition) is 0. The predicted octanol–water partition coefficient (Wildman–Crippen LogP) is -0.560. The Morgan fingerprint density at radius 3 is 2.29 bits per heavy atom. The Hall–Kier alpha value is -1.91. The highest BCUT2D eigenvalue weighted by atomic mass is 19.1. The number of rotatable bonds is 0. The van der Waals surface area contributed by atoms with Crippen molar-refractivity contribution in [3.05, 3.63) is 34.2 Å². The summed E-state index contributed by atoms with van der Waals surface area (Å²) in [6, 6.07) is 2.67. The maximum Gasteiger partial charge on any atom is 0.338 e. The van der Waals surface area contributed by atoms with E-state index in [0.717, 1.165) is 0 Å². The summed E-state index contributed by atoms with van der Waals surface area (Å²) in [7, 11) is 0. The summed E-state index contributed by atoms with van der Waals surface area (Å²) in [4.78, 5) is 28.5. The van der Waals surface area contributed by atoms with Crippen LogP contribution < -0.4 is 10.7 Å². The molecule has 0 spiro atoms. The van der Waals surface area contributed by atoms with Gasteiger partial charge in [-0.3, -0.25) is 9.59 Å². The van der Waals surface area contributed by atoms with Gasteiger partial charge in [0.2, 0.25) is 0 Å². The van der Waals surface area contributed by atoms with Gasteiger partial charge in [-0.25, -0.2) is 9.38 Å². The van der Waals surface area contributed by atoms with Gasteiger partial charge in [-0.05, 0) is 18.6 Å². The quantitative estimate of drug-likeness (QED) is 0.517. The van der Waals surface area contributed by atoms with Gasteiger partial charge in [0.15, 0.2) is 5.82 Å². The minimum atomic E-state index is -1.03. The standard InChI is InChI=1S/C9H5FN2O2/c1-4-2-3-5(10)7-6(4)11-8(13)9(14)12-7/h2-3H,1H3. The van der Waals surface area contributed by atoms with Crippen LogP contribution in [0.5, 0.6) is 0 Å². The predicted molar refractivity (Wildman–Crippen MR) is 43.5 cm³/mol. The topological polar surface area (TPSA) is 58.9 Å². The lowest BCUT2D eigenvalue weighted by Crippen LogP contribution is -2.38. The van der Waals surface area contributed by atoms with E-state index in [9.17, 15) is 14.0 Å². The fourth-order valence-electron chi connectivity index (χ4n) is 1.20. The van der Waals surface area contributed by atoms with E-state index in [0.29, 0.717) is 5.56 Å². The largest absolute Gasteiger partial charge is 0.338 e. The van der Waals surface area contributed by atoms with Gasteiger partial charge in [0.25, 0.3) is 0 Å². The molecule has 4 nitrogen and oxygen atoms in total. The van der Waals surface area contributed by atoms with Crippen LogP contribution in [0.15, 0.2) is 22.1 Å². The first-order chi connectivity index (χ1) is 6.59. The van der Waals surface area contributed by atoms with E-state index in [-0.39, 0.29) is 10.7 Å². The highest BCUT2D eigenvalue weighted by Crippen LogP contribution is 1.93. The minimum absolute atomic E-state index is 0.144. The molecule has 0 atom stereocenters. The fourth-order valence-corrected chi connectivity index (χ4v) is 1.20. The Morgan fingerprint density at radius 1 is 1.07 bits per heavy atom. The van der Waals surface area contributed by atoms with Gasteiger partial charge in [0, 0.05) is 0 Å². The third-order valence-electron chi connectivity index (χ3n) is 1.91. The lowest BCUT2D eigenvalue weighted by atomic mass is 10.2. The van der Waals surface area contributed by atoms with Crippen LogP contribution in [0.3, 0.4) is 0 Å². The molecule has 0 aromatic heterocycles. The average molecular weight is 192 g/mol. The van der Waals surface area contributed by atoms with Crippen LogP contribution in [0.2, 0.25) is 0 Å². The first kappa shape index (κ1) is 8.68. The van der Waals surface area contributed by atoms with Gasteiger partial charge in [-0.1, -0.05) is 6.07 Å². The van der Waals surface area contributed by atoms with E-state index >= 15 is 0 Å². The van der Waals surface area contributed by atoms with Crippen molar-refractivity contribution < 1.29 is 14.0 Å². The molecule has 0 radical (unpaired) electrons. The molecule has 5 heteroatoms. The molecule has 1 aromatic carbocycles. The number of carbonyl (C=O) groups is 2. The zero-order chi connectivity index (χ0) is 10.3. The van der Waals surface area contributed by atoms with E-state index in [1.54, 1.807) is 6.92 Å². The number of fused-ring (bicyclic) bond motifs is 1. The normalized spacial score (nSPS) is 14.4. The second-order valence-corrected chi connectivity index (χ2v) is 2.90. The van der Waals surface area contributed by atoms with Crippen LogP contribution in [-0.2, 0) is 9.59 Å². The summed E-state index contributed by atoms with van der Waals surface area (Å²) in [5, 5.41) is 0.00389. The highest BCUT2D eigenvalue weighted by molar-refractivity contribution is 6.36. The molecular weight excluding hydrogens is 187 g/mol. The Balaban J connectivity index is 2.98. The number of benzene rings is 1. The average Bonchev–Trinajstić information content (AvgIpc) is 2.15. The van der Waals surface area contributed by atoms with Crippen molar-refractivity contribution in [3.63, 3.8) is 0 Å². The second kappa shape index (κ2) is 2.80. The van der Waals surface area contributed by atoms with Crippen molar-refractivity contribution in [2.75, 3.05) is 0 Å². The van der Waals surface area contributed by atoms with Crippen molar-refractivity contribution in [2.45, 2.75) is 6.92 Å². The maximum atomic E-state index is 13.1. The van der Waals surface area contributed by atoms with E-state index in [1.165, 1.54) is 12.1 Å². The summed E-state index contributed by atoms with van der Waals surface area (Å²) < 4.78 is 13.1.